The summed E-state index contributed by atoms with van der Waals surface area (Å²) in [6.45, 7) is 5.91. The first-order valence-corrected chi connectivity index (χ1v) is 24.9. The van der Waals surface area contributed by atoms with Gasteiger partial charge in [-0.05, 0) is 75.9 Å². The monoisotopic (exact) mass is 1090 g/mol. The second-order valence-electron chi connectivity index (χ2n) is 18.9. The number of aromatic amines is 1. The molecule has 4 aromatic rings. The lowest BCUT2D eigenvalue weighted by Gasteiger charge is -2.29. The van der Waals surface area contributed by atoms with Crippen LogP contribution in [0, 0.1) is 0 Å². The molecule has 12 atom stereocenters. The van der Waals surface area contributed by atoms with Gasteiger partial charge in [-0.3, -0.25) is 43.2 Å². The van der Waals surface area contributed by atoms with E-state index in [4.69, 9.17) is 11.5 Å². The van der Waals surface area contributed by atoms with Gasteiger partial charge in [-0.2, -0.15) is 0 Å². The van der Waals surface area contributed by atoms with Crippen molar-refractivity contribution in [3.05, 3.63) is 102 Å². The summed E-state index contributed by atoms with van der Waals surface area (Å²) in [4.78, 5) is 136. The second kappa shape index (κ2) is 29.2. The van der Waals surface area contributed by atoms with E-state index in [-0.39, 0.29) is 37.9 Å². The van der Waals surface area contributed by atoms with Gasteiger partial charge >= 0.3 is 5.97 Å². The molecule has 9 amide bonds. The van der Waals surface area contributed by atoms with Crippen molar-refractivity contribution in [2.45, 2.75) is 139 Å². The van der Waals surface area contributed by atoms with Crippen molar-refractivity contribution in [2.24, 2.45) is 11.5 Å². The number of H-pyrrole nitrogens is 1. The van der Waals surface area contributed by atoms with E-state index in [1.807, 2.05) is 0 Å². The molecule has 0 aliphatic carbocycles. The van der Waals surface area contributed by atoms with Gasteiger partial charge in [-0.25, -0.2) is 4.79 Å². The Bertz CT molecular complexity index is 2750. The third kappa shape index (κ3) is 18.7. The Morgan fingerprint density at radius 3 is 1.49 bits per heavy atom. The average molecular weight is 1090 g/mol. The van der Waals surface area contributed by atoms with E-state index in [1.165, 1.54) is 38.1 Å². The minimum absolute atomic E-state index is 0.0458. The lowest BCUT2D eigenvalue weighted by molar-refractivity contribution is -0.142. The lowest BCUT2D eigenvalue weighted by atomic mass is 10.0. The van der Waals surface area contributed by atoms with Crippen molar-refractivity contribution in [3.63, 3.8) is 0 Å². The predicted molar refractivity (Wildman–Crippen MR) is 280 cm³/mol. The van der Waals surface area contributed by atoms with E-state index in [9.17, 15) is 73.5 Å². The van der Waals surface area contributed by atoms with Crippen LogP contribution < -0.4 is 54.0 Å². The number of primary amides is 1. The third-order valence-corrected chi connectivity index (χ3v) is 12.4. The molecule has 26 nitrogen and oxygen atoms in total. The fourth-order valence-electron chi connectivity index (χ4n) is 7.86. The topological polar surface area (TPSA) is 436 Å². The van der Waals surface area contributed by atoms with Crippen molar-refractivity contribution >= 4 is 70.0 Å². The highest BCUT2D eigenvalue weighted by atomic mass is 16.4. The van der Waals surface area contributed by atoms with E-state index in [1.54, 1.807) is 60.8 Å². The number of hydrogen-bond acceptors (Lipinski definition) is 15. The summed E-state index contributed by atoms with van der Waals surface area (Å²) in [5.41, 5.74) is 13.1. The average Bonchev–Trinajstić information content (AvgIpc) is 3.82. The standard InChI is InChI=1S/C52H69N11O15/c1-25(44(69)60-39(52(77)78)22-31-15-17-33(67)18-16-31)56-47(72)37(21-30-11-7-6-8-12-30)58-48(73)38(23-32-24-55-36-14-10-9-13-34(32)36)59-50(75)42(28(4)65)61-45(70)26(2)57-49(74)41(27(3)64)63-51(76)43(29(5)66)62-46(71)35(53)19-20-40(54)68/h6-18,24-29,35,37-39,41-43,55,64-67H,19-23,53H2,1-5H3,(H2,54,68)(H,56,72)(H,57,74)(H,58,73)(H,59,75)(H,60,69)(H,61,70)(H,62,71)(H,63,76)(H,77,78)/t25-,26-,27+,28+,29+,35-,37-,38-,39-,41-,42-,43-/m0/s1. The molecular formula is C52H69N11O15. The molecule has 26 heteroatoms. The van der Waals surface area contributed by atoms with Crippen molar-refractivity contribution in [2.75, 3.05) is 0 Å². The summed E-state index contributed by atoms with van der Waals surface area (Å²) in [6.07, 6.45) is -4.20. The minimum atomic E-state index is -1.81. The molecule has 0 saturated carbocycles. The summed E-state index contributed by atoms with van der Waals surface area (Å²) >= 11 is 0. The van der Waals surface area contributed by atoms with Crippen LogP contribution in [0.2, 0.25) is 0 Å². The zero-order valence-electron chi connectivity index (χ0n) is 43.5. The molecule has 4 rings (SSSR count). The van der Waals surface area contributed by atoms with Gasteiger partial charge in [-0.1, -0.05) is 60.7 Å². The van der Waals surface area contributed by atoms with Crippen LogP contribution in [0.15, 0.2) is 85.1 Å². The quantitative estimate of drug-likeness (QED) is 0.0253. The number of aromatic hydroxyl groups is 1. The van der Waals surface area contributed by atoms with Crippen molar-refractivity contribution < 1.29 is 73.5 Å². The molecule has 0 spiro atoms. The molecule has 0 radical (unpaired) electrons. The number of nitrogens with two attached hydrogens (primary N) is 2. The Balaban J connectivity index is 1.53. The first-order valence-electron chi connectivity index (χ1n) is 24.9. The number of carbonyl (C=O) groups is 10. The first-order chi connectivity index (χ1) is 36.7. The highest BCUT2D eigenvalue weighted by Crippen LogP contribution is 2.20. The van der Waals surface area contributed by atoms with Crippen LogP contribution in [-0.4, -0.2) is 162 Å². The van der Waals surface area contributed by atoms with Crippen LogP contribution in [0.4, 0.5) is 0 Å². The van der Waals surface area contributed by atoms with Crippen molar-refractivity contribution in [3.8, 4) is 5.75 Å². The highest BCUT2D eigenvalue weighted by Gasteiger charge is 2.37. The molecule has 1 heterocycles. The maximum atomic E-state index is 14.6. The van der Waals surface area contributed by atoms with E-state index in [2.05, 4.69) is 47.5 Å². The fraction of sp³-hybridized carbons (Fsp3) is 0.423. The zero-order valence-corrected chi connectivity index (χ0v) is 43.5. The fourth-order valence-corrected chi connectivity index (χ4v) is 7.86. The van der Waals surface area contributed by atoms with Crippen LogP contribution in [-0.2, 0) is 67.2 Å². The number of amides is 9. The smallest absolute Gasteiger partial charge is 0.326 e. The van der Waals surface area contributed by atoms with Gasteiger partial charge in [0.05, 0.1) is 24.4 Å². The maximum absolute atomic E-state index is 14.6. The first kappa shape index (κ1) is 62.1. The number of nitrogens with one attached hydrogen (secondary N) is 9. The summed E-state index contributed by atoms with van der Waals surface area (Å²) in [7, 11) is 0. The molecule has 0 aliphatic rings. The number of aliphatic carboxylic acids is 1. The number of phenolic OH excluding ortho intramolecular Hbond substituents is 1. The molecule has 0 aliphatic heterocycles. The molecule has 0 unspecified atom stereocenters. The Morgan fingerprint density at radius 2 is 0.923 bits per heavy atom. The van der Waals surface area contributed by atoms with Crippen LogP contribution >= 0.6 is 0 Å². The number of carboxylic acids is 1. The number of aromatic nitrogens is 1. The Hall–Kier alpha value is -8.46. The van der Waals surface area contributed by atoms with Gasteiger partial charge in [-0.15, -0.1) is 0 Å². The van der Waals surface area contributed by atoms with E-state index in [0.717, 1.165) is 20.8 Å². The van der Waals surface area contributed by atoms with Crippen LogP contribution in [0.5, 0.6) is 5.75 Å². The van der Waals surface area contributed by atoms with Gasteiger partial charge in [0.2, 0.25) is 53.2 Å². The van der Waals surface area contributed by atoms with E-state index < -0.39 is 132 Å². The number of carbonyl (C=O) groups excluding carboxylic acids is 9. The Kier molecular flexibility index (Phi) is 23.2. The number of para-hydroxylation sites is 1. The number of phenols is 1. The number of aliphatic hydroxyl groups excluding tert-OH is 3. The number of aliphatic hydroxyl groups is 3. The van der Waals surface area contributed by atoms with E-state index in [0.29, 0.717) is 27.6 Å². The van der Waals surface area contributed by atoms with Crippen LogP contribution in [0.25, 0.3) is 10.9 Å². The zero-order chi connectivity index (χ0) is 58.0. The SMILES string of the molecule is C[C@H](NC(=O)[C@H](Cc1ccccc1)NC(=O)[C@H](Cc1c[nH]c2ccccc12)NC(=O)[C@@H](NC(=O)[C@H](C)NC(=O)[C@@H](NC(=O)[C@@H](NC(=O)[C@@H](N)CCC(N)=O)[C@@H](C)O)[C@@H](C)O)[C@@H](C)O)C(=O)N[C@@H](Cc1ccc(O)cc1)C(=O)O. The molecule has 0 fully saturated rings. The molecular weight excluding hydrogens is 1020 g/mol. The van der Waals surface area contributed by atoms with Crippen LogP contribution in [0.3, 0.4) is 0 Å². The second-order valence-corrected chi connectivity index (χ2v) is 18.9. The summed E-state index contributed by atoms with van der Waals surface area (Å²) in [5, 5.41) is 71.1. The maximum Gasteiger partial charge on any atom is 0.326 e. The number of benzene rings is 3. The lowest BCUT2D eigenvalue weighted by Crippen LogP contribution is -2.63. The van der Waals surface area contributed by atoms with Crippen LogP contribution in [0.1, 0.15) is 64.2 Å². The Morgan fingerprint density at radius 1 is 0.500 bits per heavy atom. The van der Waals surface area contributed by atoms with Crippen molar-refractivity contribution in [1.29, 1.82) is 0 Å². The number of carboxylic acid groups (broad SMARTS) is 1. The molecule has 0 bridgehead atoms. The number of fused-ring (bicyclic) bond motifs is 1. The molecule has 18 N–H and O–H groups in total. The Labute approximate surface area is 448 Å². The number of hydrogen-bond donors (Lipinski definition) is 16. The summed E-state index contributed by atoms with van der Waals surface area (Å²) < 4.78 is 0. The summed E-state index contributed by atoms with van der Waals surface area (Å²) in [6, 6.07) is 7.31. The highest BCUT2D eigenvalue weighted by molar-refractivity contribution is 5.99. The van der Waals surface area contributed by atoms with Gasteiger partial charge in [0.1, 0.15) is 54.1 Å². The van der Waals surface area contributed by atoms with Crippen molar-refractivity contribution in [1.82, 2.24) is 47.5 Å². The third-order valence-electron chi connectivity index (χ3n) is 12.4. The molecule has 422 valence electrons. The van der Waals surface area contributed by atoms with E-state index >= 15 is 0 Å². The molecule has 1 aromatic heterocycles. The minimum Gasteiger partial charge on any atom is -0.508 e. The van der Waals surface area contributed by atoms with Gasteiger partial charge in [0.15, 0.2) is 0 Å². The molecule has 3 aromatic carbocycles. The normalized spacial score (nSPS) is 15.8. The molecule has 0 saturated heterocycles. The number of rotatable bonds is 29. The molecule has 78 heavy (non-hydrogen) atoms. The van der Waals surface area contributed by atoms with Gasteiger partial charge in [0, 0.05) is 42.8 Å². The van der Waals surface area contributed by atoms with Gasteiger partial charge in [0.25, 0.3) is 0 Å². The van der Waals surface area contributed by atoms with Gasteiger partial charge < -0.3 is 84.5 Å². The predicted octanol–water partition coefficient (Wildman–Crippen LogP) is -3.36. The largest absolute Gasteiger partial charge is 0.508 e. The summed E-state index contributed by atoms with van der Waals surface area (Å²) in [5.74, 6) is -10.2.